The van der Waals surface area contributed by atoms with Crippen molar-refractivity contribution in [3.05, 3.63) is 0 Å². The number of aryl methyl sites for hydroxylation is 2. The van der Waals surface area contributed by atoms with Crippen LogP contribution in [-0.4, -0.2) is 52.4 Å². The van der Waals surface area contributed by atoms with Crippen LogP contribution in [0.25, 0.3) is 0 Å². The summed E-state index contributed by atoms with van der Waals surface area (Å²) in [6.07, 6.45) is 14.9. The van der Waals surface area contributed by atoms with Crippen molar-refractivity contribution in [2.75, 3.05) is 0 Å². The number of tetrazole rings is 2. The predicted molar refractivity (Wildman–Crippen MR) is 134 cm³/mol. The quantitative estimate of drug-likeness (QED) is 0.0877. The molecule has 0 bridgehead atoms. The summed E-state index contributed by atoms with van der Waals surface area (Å²) in [5.41, 5.74) is 0. The van der Waals surface area contributed by atoms with Crippen molar-refractivity contribution in [1.82, 2.24) is 40.4 Å². The van der Waals surface area contributed by atoms with Gasteiger partial charge in [0.1, 0.15) is 0 Å². The molecule has 38 heavy (non-hydrogen) atoms. The van der Waals surface area contributed by atoms with Crippen molar-refractivity contribution in [3.8, 4) is 0 Å². The number of thiol groups is 2. The SMILES string of the molecule is O=C([O-])CCCCCCCCCn1nnnc1S.O=C([O-])CCCCCCCCCn1nnnc1S.[Na+].[Na+]. The van der Waals surface area contributed by atoms with Crippen molar-refractivity contribution < 1.29 is 78.9 Å². The number of aromatic nitrogens is 8. The average molecular weight is 589 g/mol. The zero-order valence-electron chi connectivity index (χ0n) is 22.8. The van der Waals surface area contributed by atoms with Gasteiger partial charge in [0.15, 0.2) is 0 Å². The molecule has 0 atom stereocenters. The number of carboxylic acids is 2. The van der Waals surface area contributed by atoms with Gasteiger partial charge >= 0.3 is 59.1 Å². The number of carboxylic acid groups (broad SMARTS) is 2. The van der Waals surface area contributed by atoms with Crippen LogP contribution in [0, 0.1) is 0 Å². The van der Waals surface area contributed by atoms with E-state index in [1.807, 2.05) is 0 Å². The van der Waals surface area contributed by atoms with Gasteiger partial charge in [0, 0.05) is 25.0 Å². The van der Waals surface area contributed by atoms with Gasteiger partial charge < -0.3 is 19.8 Å². The third kappa shape index (κ3) is 22.6. The first kappa shape index (κ1) is 39.9. The second kappa shape index (κ2) is 27.0. The molecule has 12 nitrogen and oxygen atoms in total. The third-order valence-electron chi connectivity index (χ3n) is 5.53. The van der Waals surface area contributed by atoms with Crippen molar-refractivity contribution in [2.45, 2.75) is 126 Å². The van der Waals surface area contributed by atoms with Gasteiger partial charge in [-0.1, -0.05) is 64.2 Å². The topological polar surface area (TPSA) is 167 Å². The number of carbonyl (C=O) groups excluding carboxylic acids is 2. The molecule has 0 saturated carbocycles. The summed E-state index contributed by atoms with van der Waals surface area (Å²) < 4.78 is 3.37. The normalized spacial score (nSPS) is 10.2. The predicted octanol–water partition coefficient (Wildman–Crippen LogP) is -4.33. The second-order valence-electron chi connectivity index (χ2n) is 8.60. The molecule has 0 radical (unpaired) electrons. The minimum absolute atomic E-state index is 0. The van der Waals surface area contributed by atoms with Crippen LogP contribution in [0.4, 0.5) is 0 Å². The molecule has 0 saturated heterocycles. The Morgan fingerprint density at radius 2 is 0.842 bits per heavy atom. The van der Waals surface area contributed by atoms with Gasteiger partial charge in [-0.15, -0.1) is 35.5 Å². The average Bonchev–Trinajstić information content (AvgIpc) is 3.44. The van der Waals surface area contributed by atoms with Gasteiger partial charge in [-0.25, -0.2) is 9.36 Å². The summed E-state index contributed by atoms with van der Waals surface area (Å²) in [4.78, 5) is 20.4. The van der Waals surface area contributed by atoms with Gasteiger partial charge in [-0.05, 0) is 59.4 Å². The van der Waals surface area contributed by atoms with Crippen LogP contribution in [0.1, 0.15) is 103 Å². The molecule has 0 aliphatic rings. The molecular formula is C22H38N8Na2O4S2. The minimum Gasteiger partial charge on any atom is -0.550 e. The molecule has 16 heteroatoms. The minimum atomic E-state index is -0.945. The Morgan fingerprint density at radius 1 is 0.553 bits per heavy atom. The fourth-order valence-corrected chi connectivity index (χ4v) is 3.88. The Hall–Kier alpha value is -0.220. The number of nitrogens with zero attached hydrogens (tertiary/aromatic N) is 8. The molecule has 0 unspecified atom stereocenters. The van der Waals surface area contributed by atoms with E-state index in [9.17, 15) is 19.8 Å². The summed E-state index contributed by atoms with van der Waals surface area (Å²) in [7, 11) is 0. The molecule has 0 aromatic carbocycles. The molecule has 0 spiro atoms. The van der Waals surface area contributed by atoms with E-state index in [-0.39, 0.29) is 72.0 Å². The molecule has 2 heterocycles. The molecule has 2 aromatic rings. The summed E-state index contributed by atoms with van der Waals surface area (Å²) in [6.45, 7) is 1.60. The summed E-state index contributed by atoms with van der Waals surface area (Å²) >= 11 is 8.24. The molecular weight excluding hydrogens is 550 g/mol. The zero-order chi connectivity index (χ0) is 26.4. The molecule has 204 valence electrons. The molecule has 0 aliphatic heterocycles. The van der Waals surface area contributed by atoms with E-state index >= 15 is 0 Å². The largest absolute Gasteiger partial charge is 1.00 e. The van der Waals surface area contributed by atoms with Crippen molar-refractivity contribution in [3.63, 3.8) is 0 Å². The molecule has 0 amide bonds. The standard InChI is InChI=1S/2C11H20N4O2S.2Na/c2*16-10(17)8-6-4-2-1-3-5-7-9-15-11(18)12-13-14-15;;/h2*1-9H2,(H,16,17)(H,12,14,18);;/q;;2*+1/p-2. The van der Waals surface area contributed by atoms with Crippen LogP contribution in [0.3, 0.4) is 0 Å². The van der Waals surface area contributed by atoms with E-state index < -0.39 is 11.9 Å². The Morgan fingerprint density at radius 3 is 1.11 bits per heavy atom. The third-order valence-corrected chi connectivity index (χ3v) is 6.17. The molecule has 0 N–H and O–H groups in total. The second-order valence-corrected chi connectivity index (χ2v) is 9.40. The monoisotopic (exact) mass is 588 g/mol. The van der Waals surface area contributed by atoms with E-state index in [4.69, 9.17) is 0 Å². The Kier molecular flexibility index (Phi) is 28.3. The maximum atomic E-state index is 10.2. The van der Waals surface area contributed by atoms with Gasteiger partial charge in [0.25, 0.3) is 0 Å². The molecule has 2 aromatic heterocycles. The van der Waals surface area contributed by atoms with E-state index in [0.29, 0.717) is 10.3 Å². The van der Waals surface area contributed by atoms with Crippen LogP contribution in [0.15, 0.2) is 10.3 Å². The molecule has 0 fully saturated rings. The first-order valence-electron chi connectivity index (χ1n) is 12.7. The summed E-state index contributed by atoms with van der Waals surface area (Å²) in [6, 6.07) is 0. The first-order chi connectivity index (χ1) is 17.4. The number of hydrogen-bond acceptors (Lipinski definition) is 12. The molecule has 0 aliphatic carbocycles. The van der Waals surface area contributed by atoms with E-state index in [2.05, 4.69) is 56.3 Å². The fraction of sp³-hybridized carbons (Fsp3) is 0.818. The maximum Gasteiger partial charge on any atom is 1.00 e. The Bertz CT molecular complexity index is 793. The van der Waals surface area contributed by atoms with Gasteiger partial charge in [-0.3, -0.25) is 0 Å². The maximum absolute atomic E-state index is 10.2. The van der Waals surface area contributed by atoms with Gasteiger partial charge in [0.05, 0.1) is 0 Å². The van der Waals surface area contributed by atoms with Crippen LogP contribution < -0.4 is 69.3 Å². The smallest absolute Gasteiger partial charge is 0.550 e. The number of unbranched alkanes of at least 4 members (excludes halogenated alkanes) is 12. The number of carbonyl (C=O) groups is 2. The van der Waals surface area contributed by atoms with Crippen LogP contribution in [0.2, 0.25) is 0 Å². The number of rotatable bonds is 20. The number of hydrogen-bond donors (Lipinski definition) is 2. The van der Waals surface area contributed by atoms with Crippen LogP contribution in [-0.2, 0) is 22.7 Å². The number of aliphatic carboxylic acids is 2. The van der Waals surface area contributed by atoms with E-state index in [1.165, 1.54) is 0 Å². The van der Waals surface area contributed by atoms with Crippen LogP contribution >= 0.6 is 25.3 Å². The van der Waals surface area contributed by atoms with Crippen LogP contribution in [0.5, 0.6) is 0 Å². The van der Waals surface area contributed by atoms with Crippen molar-refractivity contribution in [1.29, 1.82) is 0 Å². The Labute approximate surface area is 280 Å². The first-order valence-corrected chi connectivity index (χ1v) is 13.6. The summed E-state index contributed by atoms with van der Waals surface area (Å²) in [5.74, 6) is -1.89. The summed E-state index contributed by atoms with van der Waals surface area (Å²) in [5, 5.41) is 43.5. The zero-order valence-corrected chi connectivity index (χ0v) is 28.6. The Balaban J connectivity index is 0. The van der Waals surface area contributed by atoms with Crippen molar-refractivity contribution >= 4 is 37.2 Å². The van der Waals surface area contributed by atoms with Gasteiger partial charge in [0.2, 0.25) is 10.3 Å². The van der Waals surface area contributed by atoms with E-state index in [0.717, 1.165) is 103 Å². The van der Waals surface area contributed by atoms with E-state index in [1.54, 1.807) is 9.36 Å². The fourth-order valence-electron chi connectivity index (χ4n) is 3.52. The van der Waals surface area contributed by atoms with Crippen molar-refractivity contribution in [2.24, 2.45) is 0 Å². The molecule has 2 rings (SSSR count). The van der Waals surface area contributed by atoms with Gasteiger partial charge in [-0.2, -0.15) is 0 Å².